The molecule has 0 saturated carbocycles. The van der Waals surface area contributed by atoms with Crippen molar-refractivity contribution in [3.05, 3.63) is 75.9 Å². The molecule has 1 aromatic heterocycles. The maximum Gasteiger partial charge on any atom is 0.266 e. The van der Waals surface area contributed by atoms with Gasteiger partial charge < -0.3 is 0 Å². The first kappa shape index (κ1) is 17.5. The van der Waals surface area contributed by atoms with Gasteiger partial charge in [0.05, 0.1) is 15.6 Å². The minimum Gasteiger partial charge on any atom is -0.290 e. The van der Waals surface area contributed by atoms with Crippen LogP contribution in [-0.4, -0.2) is 28.0 Å². The van der Waals surface area contributed by atoms with Crippen LogP contribution in [0.25, 0.3) is 6.08 Å². The first-order chi connectivity index (χ1) is 12.0. The van der Waals surface area contributed by atoms with E-state index >= 15 is 0 Å². The van der Waals surface area contributed by atoms with Crippen LogP contribution >= 0.6 is 23.4 Å². The van der Waals surface area contributed by atoms with Crippen molar-refractivity contribution in [2.75, 3.05) is 7.05 Å². The predicted molar refractivity (Wildman–Crippen MR) is 105 cm³/mol. The molecule has 1 fully saturated rings. The number of hydrogen-bond acceptors (Lipinski definition) is 4. The number of likely N-dealkylation sites (N-methyl/N-ethyl adjacent to an activating group) is 1. The average Bonchev–Trinajstić information content (AvgIpc) is 2.86. The van der Waals surface area contributed by atoms with Crippen LogP contribution in [0.3, 0.4) is 0 Å². The average molecular weight is 370 g/mol. The Bertz CT molecular complexity index is 891. The van der Waals surface area contributed by atoms with Crippen molar-refractivity contribution >= 4 is 46.2 Å². The van der Waals surface area contributed by atoms with Crippen molar-refractivity contribution in [2.24, 2.45) is 4.99 Å². The molecular weight excluding hydrogens is 354 g/mol. The summed E-state index contributed by atoms with van der Waals surface area (Å²) in [6.07, 6.45) is 7.07. The molecule has 2 heterocycles. The fourth-order valence-corrected chi connectivity index (χ4v) is 3.47. The molecule has 0 unspecified atom stereocenters. The summed E-state index contributed by atoms with van der Waals surface area (Å²) in [5.41, 5.74) is 2.69. The molecule has 0 bridgehead atoms. The summed E-state index contributed by atoms with van der Waals surface area (Å²) in [5, 5.41) is 1.05. The summed E-state index contributed by atoms with van der Waals surface area (Å²) < 4.78 is 0. The smallest absolute Gasteiger partial charge is 0.266 e. The van der Waals surface area contributed by atoms with E-state index in [-0.39, 0.29) is 5.91 Å². The summed E-state index contributed by atoms with van der Waals surface area (Å²) in [7, 11) is 1.71. The number of carbonyl (C=O) groups is 1. The first-order valence-electron chi connectivity index (χ1n) is 7.64. The van der Waals surface area contributed by atoms with E-state index in [0.29, 0.717) is 20.8 Å². The molecule has 0 aliphatic carbocycles. The number of hydrogen-bond donors (Lipinski definition) is 0. The van der Waals surface area contributed by atoms with Gasteiger partial charge >= 0.3 is 0 Å². The highest BCUT2D eigenvalue weighted by Gasteiger charge is 2.30. The van der Waals surface area contributed by atoms with Crippen molar-refractivity contribution in [2.45, 2.75) is 6.92 Å². The highest BCUT2D eigenvalue weighted by Crippen LogP contribution is 2.34. The molecule has 1 aliphatic heterocycles. The lowest BCUT2D eigenvalue weighted by atomic mass is 10.1. The molecule has 0 N–H and O–H groups in total. The topological polar surface area (TPSA) is 45.6 Å². The van der Waals surface area contributed by atoms with Gasteiger partial charge in [0.2, 0.25) is 0 Å². The van der Waals surface area contributed by atoms with Gasteiger partial charge in [-0.25, -0.2) is 4.99 Å². The minimum absolute atomic E-state index is 0.0743. The molecular formula is C19H16ClN3OS. The fourth-order valence-electron chi connectivity index (χ4n) is 2.27. The lowest BCUT2D eigenvalue weighted by molar-refractivity contribution is -0.121. The zero-order valence-electron chi connectivity index (χ0n) is 13.8. The summed E-state index contributed by atoms with van der Waals surface area (Å²) in [4.78, 5) is 23.1. The quantitative estimate of drug-likeness (QED) is 0.722. The van der Waals surface area contributed by atoms with E-state index < -0.39 is 0 Å². The van der Waals surface area contributed by atoms with Crippen molar-refractivity contribution in [3.63, 3.8) is 0 Å². The molecule has 0 spiro atoms. The Hall–Kier alpha value is -2.37. The SMILES string of the molecule is CC(/C=C1\SC(=Nc2ccncc2Cl)N(C)C1=O)=C\c1ccccc1. The van der Waals surface area contributed by atoms with E-state index in [1.807, 2.05) is 49.4 Å². The maximum absolute atomic E-state index is 12.5. The normalized spacial score (nSPS) is 18.4. The van der Waals surface area contributed by atoms with Crippen LogP contribution in [0.2, 0.25) is 5.02 Å². The first-order valence-corrected chi connectivity index (χ1v) is 8.83. The predicted octanol–water partition coefficient (Wildman–Crippen LogP) is 4.92. The largest absolute Gasteiger partial charge is 0.290 e. The third-order valence-electron chi connectivity index (χ3n) is 3.52. The molecule has 25 heavy (non-hydrogen) atoms. The Balaban J connectivity index is 1.86. The second-order valence-electron chi connectivity index (χ2n) is 5.50. The lowest BCUT2D eigenvalue weighted by Gasteiger charge is -2.07. The Labute approximate surface area is 155 Å². The van der Waals surface area contributed by atoms with Crippen LogP contribution in [0, 0.1) is 0 Å². The molecule has 0 radical (unpaired) electrons. The minimum atomic E-state index is -0.0743. The van der Waals surface area contributed by atoms with Crippen LogP contribution in [-0.2, 0) is 4.79 Å². The van der Waals surface area contributed by atoms with Gasteiger partial charge in [-0.1, -0.05) is 48.0 Å². The number of thioether (sulfide) groups is 1. The maximum atomic E-state index is 12.5. The molecule has 1 aliphatic rings. The molecule has 1 saturated heterocycles. The van der Waals surface area contributed by atoms with Gasteiger partial charge in [-0.05, 0) is 42.0 Å². The summed E-state index contributed by atoms with van der Waals surface area (Å²) in [6, 6.07) is 11.7. The molecule has 126 valence electrons. The molecule has 1 aromatic carbocycles. The van der Waals surface area contributed by atoms with Crippen molar-refractivity contribution in [1.29, 1.82) is 0 Å². The highest BCUT2D eigenvalue weighted by atomic mass is 35.5. The van der Waals surface area contributed by atoms with E-state index in [1.165, 1.54) is 22.9 Å². The summed E-state index contributed by atoms with van der Waals surface area (Å²) in [6.45, 7) is 1.97. The molecule has 3 rings (SSSR count). The monoisotopic (exact) mass is 369 g/mol. The van der Waals surface area contributed by atoms with Crippen LogP contribution in [0.5, 0.6) is 0 Å². The van der Waals surface area contributed by atoms with Gasteiger partial charge in [0.1, 0.15) is 0 Å². The number of aliphatic imine (C=N–C) groups is 1. The third kappa shape index (κ3) is 4.18. The third-order valence-corrected chi connectivity index (χ3v) is 4.87. The number of carbonyl (C=O) groups excluding carboxylic acids is 1. The van der Waals surface area contributed by atoms with E-state index in [2.05, 4.69) is 9.98 Å². The van der Waals surface area contributed by atoms with Gasteiger partial charge in [0.15, 0.2) is 5.17 Å². The second kappa shape index (κ2) is 7.68. The summed E-state index contributed by atoms with van der Waals surface area (Å²) >= 11 is 7.43. The zero-order chi connectivity index (χ0) is 17.8. The van der Waals surface area contributed by atoms with Crippen LogP contribution < -0.4 is 0 Å². The standard InChI is InChI=1S/C19H16ClN3OS/c1-13(10-14-6-4-3-5-7-14)11-17-18(24)23(2)19(25-17)22-16-8-9-21-12-15(16)20/h3-12H,1-2H3/b13-10+,17-11-,22-19?. The van der Waals surface area contributed by atoms with E-state index in [1.54, 1.807) is 19.3 Å². The Morgan fingerprint density at radius 1 is 1.28 bits per heavy atom. The van der Waals surface area contributed by atoms with Crippen molar-refractivity contribution in [3.8, 4) is 0 Å². The van der Waals surface area contributed by atoms with E-state index in [9.17, 15) is 4.79 Å². The van der Waals surface area contributed by atoms with E-state index in [0.717, 1.165) is 11.1 Å². The number of pyridine rings is 1. The number of nitrogens with zero attached hydrogens (tertiary/aromatic N) is 3. The number of amides is 1. The number of halogens is 1. The van der Waals surface area contributed by atoms with Crippen molar-refractivity contribution in [1.82, 2.24) is 9.88 Å². The Morgan fingerprint density at radius 3 is 2.76 bits per heavy atom. The Morgan fingerprint density at radius 2 is 2.04 bits per heavy atom. The number of benzene rings is 1. The second-order valence-corrected chi connectivity index (χ2v) is 6.91. The van der Waals surface area contributed by atoms with Gasteiger partial charge in [-0.2, -0.15) is 0 Å². The Kier molecular flexibility index (Phi) is 5.36. The van der Waals surface area contributed by atoms with Crippen molar-refractivity contribution < 1.29 is 4.79 Å². The highest BCUT2D eigenvalue weighted by molar-refractivity contribution is 8.18. The van der Waals surface area contributed by atoms with Gasteiger partial charge in [0.25, 0.3) is 5.91 Å². The fraction of sp³-hybridized carbons (Fsp3) is 0.105. The molecule has 2 aromatic rings. The molecule has 6 heteroatoms. The zero-order valence-corrected chi connectivity index (χ0v) is 15.4. The van der Waals surface area contributed by atoms with Gasteiger partial charge in [-0.15, -0.1) is 0 Å². The number of aromatic nitrogens is 1. The number of rotatable bonds is 3. The van der Waals surface area contributed by atoms with Crippen LogP contribution in [0.4, 0.5) is 5.69 Å². The van der Waals surface area contributed by atoms with E-state index in [4.69, 9.17) is 11.6 Å². The van der Waals surface area contributed by atoms with Crippen LogP contribution in [0.1, 0.15) is 12.5 Å². The summed E-state index contributed by atoms with van der Waals surface area (Å²) in [5.74, 6) is -0.0743. The van der Waals surface area contributed by atoms with Gasteiger partial charge in [-0.3, -0.25) is 14.7 Å². The molecule has 4 nitrogen and oxygen atoms in total. The lowest BCUT2D eigenvalue weighted by Crippen LogP contribution is -2.23. The van der Waals surface area contributed by atoms with Crippen LogP contribution in [0.15, 0.2) is 70.3 Å². The molecule has 1 amide bonds. The molecule has 0 atom stereocenters. The number of amidine groups is 1. The van der Waals surface area contributed by atoms with Gasteiger partial charge in [0, 0.05) is 19.4 Å². The number of allylic oxidation sites excluding steroid dienone is 2.